The second-order valence-electron chi connectivity index (χ2n) is 9.99. The first kappa shape index (κ1) is 28.8. The van der Waals surface area contributed by atoms with E-state index in [1.54, 1.807) is 19.1 Å². The molecule has 1 aliphatic rings. The van der Waals surface area contributed by atoms with Gasteiger partial charge < -0.3 is 20.4 Å². The number of aryl methyl sites for hydroxylation is 5. The Labute approximate surface area is 239 Å². The van der Waals surface area contributed by atoms with Crippen molar-refractivity contribution in [3.8, 4) is 6.07 Å². The summed E-state index contributed by atoms with van der Waals surface area (Å²) < 4.78 is 5.72. The number of carbonyl (C=O) groups is 2. The first-order valence-electron chi connectivity index (χ1n) is 13.2. The van der Waals surface area contributed by atoms with Gasteiger partial charge in [0.15, 0.2) is 0 Å². The van der Waals surface area contributed by atoms with Gasteiger partial charge in [0.1, 0.15) is 5.76 Å². The van der Waals surface area contributed by atoms with Crippen LogP contribution in [0.15, 0.2) is 75.0 Å². The lowest BCUT2D eigenvalue weighted by atomic mass is 9.85. The molecule has 0 fully saturated rings. The highest BCUT2D eigenvalue weighted by molar-refractivity contribution is 8.03. The van der Waals surface area contributed by atoms with Crippen LogP contribution in [0.3, 0.4) is 0 Å². The number of rotatable bonds is 8. The fraction of sp³-hybridized carbons (Fsp3) is 0.281. The highest BCUT2D eigenvalue weighted by Gasteiger charge is 2.36. The minimum atomic E-state index is -0.721. The van der Waals surface area contributed by atoms with Crippen LogP contribution in [0.4, 0.5) is 11.4 Å². The molecule has 0 unspecified atom stereocenters. The molecule has 7 nitrogen and oxygen atoms in total. The van der Waals surface area contributed by atoms with Crippen LogP contribution in [0.25, 0.3) is 0 Å². The van der Waals surface area contributed by atoms with Gasteiger partial charge in [0.25, 0.3) is 5.91 Å². The van der Waals surface area contributed by atoms with E-state index in [-0.39, 0.29) is 17.6 Å². The largest absolute Gasteiger partial charge is 0.468 e. The molecule has 206 valence electrons. The molecule has 2 amide bonds. The molecule has 1 aromatic heterocycles. The Kier molecular flexibility index (Phi) is 8.86. The van der Waals surface area contributed by atoms with E-state index in [9.17, 15) is 14.9 Å². The van der Waals surface area contributed by atoms with Gasteiger partial charge in [0.05, 0.1) is 40.2 Å². The minimum absolute atomic E-state index is 0.0897. The maximum atomic E-state index is 13.7. The molecule has 0 bridgehead atoms. The van der Waals surface area contributed by atoms with Crippen molar-refractivity contribution in [2.45, 2.75) is 53.9 Å². The maximum absolute atomic E-state index is 13.7. The van der Waals surface area contributed by atoms with Gasteiger partial charge >= 0.3 is 0 Å². The molecule has 4 rings (SSSR count). The summed E-state index contributed by atoms with van der Waals surface area (Å²) in [4.78, 5) is 26.7. The Hall–Kier alpha value is -4.22. The Balaban J connectivity index is 1.61. The summed E-state index contributed by atoms with van der Waals surface area (Å²) in [6.07, 6.45) is 2.33. The number of nitriles is 1. The monoisotopic (exact) mass is 554 g/mol. The van der Waals surface area contributed by atoms with Gasteiger partial charge in [-0.1, -0.05) is 54.6 Å². The zero-order valence-corrected chi connectivity index (χ0v) is 24.5. The van der Waals surface area contributed by atoms with Crippen LogP contribution in [0.2, 0.25) is 0 Å². The molecule has 8 heteroatoms. The van der Waals surface area contributed by atoms with E-state index in [1.807, 2.05) is 65.0 Å². The molecule has 1 aliphatic heterocycles. The van der Waals surface area contributed by atoms with Gasteiger partial charge in [-0.25, -0.2) is 0 Å². The van der Waals surface area contributed by atoms with E-state index >= 15 is 0 Å². The van der Waals surface area contributed by atoms with E-state index < -0.39 is 5.92 Å². The van der Waals surface area contributed by atoms with Crippen molar-refractivity contribution in [2.75, 3.05) is 16.4 Å². The molecule has 2 heterocycles. The zero-order chi connectivity index (χ0) is 29.0. The number of hydrogen-bond acceptors (Lipinski definition) is 6. The van der Waals surface area contributed by atoms with Crippen LogP contribution in [0, 0.1) is 39.0 Å². The fourth-order valence-electron chi connectivity index (χ4n) is 5.14. The maximum Gasteiger partial charge on any atom is 0.254 e. The molecule has 3 N–H and O–H groups in total. The Morgan fingerprint density at radius 3 is 2.35 bits per heavy atom. The van der Waals surface area contributed by atoms with Gasteiger partial charge in [-0.2, -0.15) is 5.26 Å². The van der Waals surface area contributed by atoms with Gasteiger partial charge in [0.2, 0.25) is 5.91 Å². The third-order valence-electron chi connectivity index (χ3n) is 6.99. The van der Waals surface area contributed by atoms with Crippen LogP contribution in [0.1, 0.15) is 53.3 Å². The predicted octanol–water partition coefficient (Wildman–Crippen LogP) is 6.78. The van der Waals surface area contributed by atoms with E-state index in [2.05, 4.69) is 22.0 Å². The first-order valence-corrected chi connectivity index (χ1v) is 14.2. The molecule has 40 heavy (non-hydrogen) atoms. The number of hydrogen-bond donors (Lipinski definition) is 3. The second-order valence-corrected chi connectivity index (χ2v) is 11.0. The number of para-hydroxylation sites is 1. The summed E-state index contributed by atoms with van der Waals surface area (Å²) in [5.41, 5.74) is 7.98. The Morgan fingerprint density at radius 1 is 1.00 bits per heavy atom. The van der Waals surface area contributed by atoms with E-state index in [4.69, 9.17) is 4.42 Å². The molecular weight excluding hydrogens is 520 g/mol. The minimum Gasteiger partial charge on any atom is -0.468 e. The highest BCUT2D eigenvalue weighted by atomic mass is 32.2. The normalized spacial score (nSPS) is 15.0. The van der Waals surface area contributed by atoms with Crippen LogP contribution >= 0.6 is 11.8 Å². The van der Waals surface area contributed by atoms with Gasteiger partial charge in [0, 0.05) is 17.1 Å². The molecular formula is C32H34N4O3S. The van der Waals surface area contributed by atoms with Crippen molar-refractivity contribution in [2.24, 2.45) is 0 Å². The van der Waals surface area contributed by atoms with Crippen LogP contribution in [-0.4, -0.2) is 17.6 Å². The lowest BCUT2D eigenvalue weighted by molar-refractivity contribution is -0.114. The summed E-state index contributed by atoms with van der Waals surface area (Å²) in [7, 11) is 0. The molecule has 0 radical (unpaired) electrons. The lowest BCUT2D eigenvalue weighted by Gasteiger charge is -2.28. The van der Waals surface area contributed by atoms with E-state index in [1.165, 1.54) is 18.0 Å². The average molecular weight is 555 g/mol. The predicted molar refractivity (Wildman–Crippen MR) is 161 cm³/mol. The zero-order valence-electron chi connectivity index (χ0n) is 23.7. The quantitative estimate of drug-likeness (QED) is 0.283. The SMILES string of the molecule is CCc1cccc(C)c1NC(=O)CSC1=C(C#N)[C@H](c2ccco2)C(C(=O)Nc2c(C)cc(C)cc2C)=C(C)N1. The third kappa shape index (κ3) is 6.00. The van der Waals surface area contributed by atoms with E-state index in [0.29, 0.717) is 27.6 Å². The van der Waals surface area contributed by atoms with Crippen molar-refractivity contribution in [1.29, 1.82) is 5.26 Å². The number of carbonyl (C=O) groups excluding carboxylic acids is 2. The average Bonchev–Trinajstić information content (AvgIpc) is 3.44. The summed E-state index contributed by atoms with van der Waals surface area (Å²) in [5.74, 6) is -0.643. The van der Waals surface area contributed by atoms with Gasteiger partial charge in [-0.05, 0) is 75.4 Å². The molecule has 0 saturated heterocycles. The number of furan rings is 1. The second kappa shape index (κ2) is 12.3. The van der Waals surface area contributed by atoms with Crippen molar-refractivity contribution in [3.63, 3.8) is 0 Å². The van der Waals surface area contributed by atoms with Crippen molar-refractivity contribution < 1.29 is 14.0 Å². The standard InChI is InChI=1S/C32H34N4O3S/c1-7-23-11-8-10-19(3)30(23)35-26(37)17-40-32-24(16-33)28(25-12-9-13-39-25)27(22(6)34-32)31(38)36-29-20(4)14-18(2)15-21(29)5/h8-15,28,34H,7,17H2,1-6H3,(H,35,37)(H,36,38)/t28-/m1/s1. The van der Waals surface area contributed by atoms with Crippen molar-refractivity contribution in [1.82, 2.24) is 5.32 Å². The summed E-state index contributed by atoms with van der Waals surface area (Å²) in [5, 5.41) is 20.1. The van der Waals surface area contributed by atoms with Crippen LogP contribution in [0.5, 0.6) is 0 Å². The molecule has 0 saturated carbocycles. The Morgan fingerprint density at radius 2 is 1.73 bits per heavy atom. The number of allylic oxidation sites excluding steroid dienone is 2. The number of nitrogens with one attached hydrogen (secondary N) is 3. The van der Waals surface area contributed by atoms with Crippen molar-refractivity contribution in [3.05, 3.63) is 104 Å². The number of nitrogens with zero attached hydrogens (tertiary/aromatic N) is 1. The molecule has 0 aliphatic carbocycles. The summed E-state index contributed by atoms with van der Waals surface area (Å²) >= 11 is 1.23. The lowest BCUT2D eigenvalue weighted by Crippen LogP contribution is -2.31. The topological polar surface area (TPSA) is 107 Å². The molecule has 1 atom stereocenters. The van der Waals surface area contributed by atoms with E-state index in [0.717, 1.165) is 45.6 Å². The molecule has 3 aromatic rings. The first-order chi connectivity index (χ1) is 19.1. The van der Waals surface area contributed by atoms with Crippen LogP contribution < -0.4 is 16.0 Å². The third-order valence-corrected chi connectivity index (χ3v) is 8.00. The van der Waals surface area contributed by atoms with Crippen LogP contribution in [-0.2, 0) is 16.0 Å². The fourth-order valence-corrected chi connectivity index (χ4v) is 6.03. The summed E-state index contributed by atoms with van der Waals surface area (Å²) in [6, 6.07) is 15.8. The smallest absolute Gasteiger partial charge is 0.254 e. The molecule has 0 spiro atoms. The van der Waals surface area contributed by atoms with Crippen molar-refractivity contribution >= 4 is 35.0 Å². The van der Waals surface area contributed by atoms with Gasteiger partial charge in [-0.3, -0.25) is 9.59 Å². The Bertz CT molecular complexity index is 1540. The number of thioether (sulfide) groups is 1. The number of amides is 2. The highest BCUT2D eigenvalue weighted by Crippen LogP contribution is 2.41. The van der Waals surface area contributed by atoms with Gasteiger partial charge in [-0.15, -0.1) is 0 Å². The number of anilines is 2. The molecule has 2 aromatic carbocycles. The number of benzene rings is 2. The summed E-state index contributed by atoms with van der Waals surface area (Å²) in [6.45, 7) is 11.8. The number of dihydropyridines is 1.